The molecule has 0 radical (unpaired) electrons. The van der Waals surface area contributed by atoms with Crippen molar-refractivity contribution in [1.29, 1.82) is 0 Å². The number of rotatable bonds is 3. The fourth-order valence-corrected chi connectivity index (χ4v) is 2.69. The van der Waals surface area contributed by atoms with Crippen LogP contribution in [-0.2, 0) is 6.42 Å². The standard InChI is InChI=1S/C14H20FNO2/c15-11-6-7-12(16)10(8-11)5-4-9-2-1-3-13(17)14(9)18/h6-9,13-14,17-18H,1-5,16H2/t9-,13+,14-/m0/s1. The van der Waals surface area contributed by atoms with E-state index in [0.29, 0.717) is 18.5 Å². The number of hydrogen-bond donors (Lipinski definition) is 3. The number of aliphatic hydroxyl groups excluding tert-OH is 2. The van der Waals surface area contributed by atoms with Crippen LogP contribution < -0.4 is 5.73 Å². The Kier molecular flexibility index (Phi) is 4.19. The van der Waals surface area contributed by atoms with Crippen LogP contribution in [0.2, 0.25) is 0 Å². The third-order valence-corrected chi connectivity index (χ3v) is 3.84. The molecule has 0 aliphatic heterocycles. The molecule has 1 aromatic rings. The molecule has 0 aromatic heterocycles. The Hall–Kier alpha value is -1.13. The van der Waals surface area contributed by atoms with Gasteiger partial charge in [0, 0.05) is 5.69 Å². The van der Waals surface area contributed by atoms with E-state index in [1.54, 1.807) is 6.07 Å². The van der Waals surface area contributed by atoms with Crippen molar-refractivity contribution in [2.45, 2.75) is 44.3 Å². The molecule has 0 amide bonds. The minimum absolute atomic E-state index is 0.0800. The molecule has 1 aromatic carbocycles. The summed E-state index contributed by atoms with van der Waals surface area (Å²) in [6, 6.07) is 4.36. The van der Waals surface area contributed by atoms with E-state index in [-0.39, 0.29) is 11.7 Å². The Labute approximate surface area is 106 Å². The first-order chi connectivity index (χ1) is 8.58. The van der Waals surface area contributed by atoms with Crippen LogP contribution in [0.25, 0.3) is 0 Å². The lowest BCUT2D eigenvalue weighted by Crippen LogP contribution is -2.37. The van der Waals surface area contributed by atoms with Gasteiger partial charge in [-0.25, -0.2) is 4.39 Å². The summed E-state index contributed by atoms with van der Waals surface area (Å²) in [5.74, 6) is -0.208. The van der Waals surface area contributed by atoms with Crippen molar-refractivity contribution in [3.8, 4) is 0 Å². The van der Waals surface area contributed by atoms with Crippen molar-refractivity contribution < 1.29 is 14.6 Å². The number of nitrogens with two attached hydrogens (primary N) is 1. The zero-order valence-electron chi connectivity index (χ0n) is 10.3. The normalized spacial score (nSPS) is 28.3. The summed E-state index contributed by atoms with van der Waals surface area (Å²) in [5.41, 5.74) is 7.15. The van der Waals surface area contributed by atoms with Gasteiger partial charge in [0.25, 0.3) is 0 Å². The van der Waals surface area contributed by atoms with Crippen LogP contribution in [0.15, 0.2) is 18.2 Å². The molecular formula is C14H20FNO2. The first-order valence-corrected chi connectivity index (χ1v) is 6.48. The molecule has 3 nitrogen and oxygen atoms in total. The number of aliphatic hydroxyl groups is 2. The average Bonchev–Trinajstić information content (AvgIpc) is 2.35. The summed E-state index contributed by atoms with van der Waals surface area (Å²) in [4.78, 5) is 0. The fourth-order valence-electron chi connectivity index (χ4n) is 2.69. The topological polar surface area (TPSA) is 66.5 Å². The Balaban J connectivity index is 1.96. The van der Waals surface area contributed by atoms with Gasteiger partial charge >= 0.3 is 0 Å². The predicted molar refractivity (Wildman–Crippen MR) is 68.5 cm³/mol. The van der Waals surface area contributed by atoms with Crippen LogP contribution >= 0.6 is 0 Å². The number of aryl methyl sites for hydroxylation is 1. The minimum Gasteiger partial charge on any atom is -0.399 e. The highest BCUT2D eigenvalue weighted by molar-refractivity contribution is 5.46. The Morgan fingerprint density at radius 3 is 2.83 bits per heavy atom. The predicted octanol–water partition coefficient (Wildman–Crippen LogP) is 1.86. The molecule has 1 aliphatic carbocycles. The molecule has 1 saturated carbocycles. The third kappa shape index (κ3) is 3.00. The van der Waals surface area contributed by atoms with Crippen molar-refractivity contribution in [3.63, 3.8) is 0 Å². The Morgan fingerprint density at radius 1 is 1.28 bits per heavy atom. The maximum Gasteiger partial charge on any atom is 0.123 e. The largest absolute Gasteiger partial charge is 0.399 e. The van der Waals surface area contributed by atoms with Crippen LogP contribution in [-0.4, -0.2) is 22.4 Å². The van der Waals surface area contributed by atoms with E-state index in [4.69, 9.17) is 5.73 Å². The SMILES string of the molecule is Nc1ccc(F)cc1CC[C@@H]1CCC[C@@H](O)[C@H]1O. The highest BCUT2D eigenvalue weighted by Crippen LogP contribution is 2.29. The average molecular weight is 253 g/mol. The summed E-state index contributed by atoms with van der Waals surface area (Å²) in [6.07, 6.45) is 2.60. The highest BCUT2D eigenvalue weighted by atomic mass is 19.1. The van der Waals surface area contributed by atoms with E-state index in [9.17, 15) is 14.6 Å². The molecule has 0 spiro atoms. The minimum atomic E-state index is -0.659. The Bertz CT molecular complexity index is 411. The first kappa shape index (κ1) is 13.3. The van der Waals surface area contributed by atoms with Gasteiger partial charge in [-0.05, 0) is 55.4 Å². The second-order valence-electron chi connectivity index (χ2n) is 5.13. The molecule has 100 valence electrons. The maximum absolute atomic E-state index is 13.1. The zero-order valence-corrected chi connectivity index (χ0v) is 10.3. The van der Waals surface area contributed by atoms with Gasteiger partial charge in [-0.3, -0.25) is 0 Å². The Morgan fingerprint density at radius 2 is 2.06 bits per heavy atom. The second-order valence-corrected chi connectivity index (χ2v) is 5.13. The van der Waals surface area contributed by atoms with Gasteiger partial charge in [0.1, 0.15) is 5.82 Å². The van der Waals surface area contributed by atoms with Crippen LogP contribution in [0.4, 0.5) is 10.1 Å². The zero-order chi connectivity index (χ0) is 13.1. The molecular weight excluding hydrogens is 233 g/mol. The van der Waals surface area contributed by atoms with Crippen molar-refractivity contribution in [3.05, 3.63) is 29.6 Å². The van der Waals surface area contributed by atoms with Crippen molar-refractivity contribution >= 4 is 5.69 Å². The van der Waals surface area contributed by atoms with Crippen LogP contribution in [0, 0.1) is 11.7 Å². The maximum atomic E-state index is 13.1. The van der Waals surface area contributed by atoms with Gasteiger partial charge in [0.15, 0.2) is 0 Å². The van der Waals surface area contributed by atoms with Crippen molar-refractivity contribution in [2.75, 3.05) is 5.73 Å². The molecule has 3 atom stereocenters. The number of nitrogen functional groups attached to an aromatic ring is 1. The van der Waals surface area contributed by atoms with Gasteiger partial charge in [-0.15, -0.1) is 0 Å². The first-order valence-electron chi connectivity index (χ1n) is 6.48. The molecule has 0 bridgehead atoms. The molecule has 0 unspecified atom stereocenters. The lowest BCUT2D eigenvalue weighted by Gasteiger charge is -2.31. The fraction of sp³-hybridized carbons (Fsp3) is 0.571. The van der Waals surface area contributed by atoms with Gasteiger partial charge < -0.3 is 15.9 Å². The van der Waals surface area contributed by atoms with Crippen molar-refractivity contribution in [2.24, 2.45) is 5.92 Å². The monoisotopic (exact) mass is 253 g/mol. The van der Waals surface area contributed by atoms with E-state index in [0.717, 1.165) is 24.8 Å². The molecule has 0 saturated heterocycles. The summed E-state index contributed by atoms with van der Waals surface area (Å²) >= 11 is 0. The van der Waals surface area contributed by atoms with Gasteiger partial charge in [0.05, 0.1) is 12.2 Å². The lowest BCUT2D eigenvalue weighted by molar-refractivity contribution is -0.0465. The number of hydrogen-bond acceptors (Lipinski definition) is 3. The number of halogens is 1. The smallest absolute Gasteiger partial charge is 0.123 e. The van der Waals surface area contributed by atoms with Crippen LogP contribution in [0.1, 0.15) is 31.2 Å². The van der Waals surface area contributed by atoms with Crippen molar-refractivity contribution in [1.82, 2.24) is 0 Å². The highest BCUT2D eigenvalue weighted by Gasteiger charge is 2.29. The number of anilines is 1. The third-order valence-electron chi connectivity index (χ3n) is 3.84. The van der Waals surface area contributed by atoms with E-state index in [1.807, 2.05) is 0 Å². The summed E-state index contributed by atoms with van der Waals surface area (Å²) < 4.78 is 13.1. The molecule has 4 heteroatoms. The van der Waals surface area contributed by atoms with E-state index in [1.165, 1.54) is 12.1 Å². The molecule has 2 rings (SSSR count). The molecule has 1 fully saturated rings. The summed E-state index contributed by atoms with van der Waals surface area (Å²) in [7, 11) is 0. The van der Waals surface area contributed by atoms with E-state index < -0.39 is 12.2 Å². The summed E-state index contributed by atoms with van der Waals surface area (Å²) in [6.45, 7) is 0. The summed E-state index contributed by atoms with van der Waals surface area (Å²) in [5, 5.41) is 19.5. The molecule has 1 aliphatic rings. The van der Waals surface area contributed by atoms with Crippen LogP contribution in [0.5, 0.6) is 0 Å². The van der Waals surface area contributed by atoms with Gasteiger partial charge in [0.2, 0.25) is 0 Å². The lowest BCUT2D eigenvalue weighted by atomic mass is 9.81. The molecule has 0 heterocycles. The van der Waals surface area contributed by atoms with Crippen LogP contribution in [0.3, 0.4) is 0 Å². The quantitative estimate of drug-likeness (QED) is 0.720. The molecule has 18 heavy (non-hydrogen) atoms. The van der Waals surface area contributed by atoms with Gasteiger partial charge in [-0.2, -0.15) is 0 Å². The van der Waals surface area contributed by atoms with E-state index >= 15 is 0 Å². The molecule has 4 N–H and O–H groups in total. The van der Waals surface area contributed by atoms with Gasteiger partial charge in [-0.1, -0.05) is 6.42 Å². The number of benzene rings is 1. The van der Waals surface area contributed by atoms with E-state index in [2.05, 4.69) is 0 Å². The second kappa shape index (κ2) is 5.67.